The van der Waals surface area contributed by atoms with Crippen LogP contribution in [0, 0.1) is 11.6 Å². The number of pyridine rings is 1. The normalized spacial score (nSPS) is 10.5. The van der Waals surface area contributed by atoms with Gasteiger partial charge in [-0.25, -0.2) is 18.6 Å². The first-order valence-electron chi connectivity index (χ1n) is 7.31. The molecule has 5 nitrogen and oxygen atoms in total. The summed E-state index contributed by atoms with van der Waals surface area (Å²) in [6, 6.07) is 13.6. The van der Waals surface area contributed by atoms with E-state index in [2.05, 4.69) is 4.98 Å². The molecule has 0 aliphatic rings. The summed E-state index contributed by atoms with van der Waals surface area (Å²) >= 11 is 0. The number of nitrogens with one attached hydrogen (secondary N) is 1. The first-order chi connectivity index (χ1) is 12.0. The number of halogens is 2. The third kappa shape index (κ3) is 3.77. The molecule has 0 saturated carbocycles. The molecule has 3 aromatic rings. The van der Waals surface area contributed by atoms with Gasteiger partial charge < -0.3 is 10.1 Å². The highest BCUT2D eigenvalue weighted by atomic mass is 19.1. The molecule has 0 aliphatic carbocycles. The molecule has 0 spiro atoms. The molecular formula is C18H12F2N2O3. The molecule has 0 fully saturated rings. The lowest BCUT2D eigenvalue weighted by Crippen LogP contribution is -2.22. The van der Waals surface area contributed by atoms with E-state index in [9.17, 15) is 18.4 Å². The first-order valence-corrected chi connectivity index (χ1v) is 7.31. The largest absolute Gasteiger partial charge is 0.451 e. The van der Waals surface area contributed by atoms with Gasteiger partial charge in [-0.1, -0.05) is 30.3 Å². The van der Waals surface area contributed by atoms with Gasteiger partial charge in [-0.05, 0) is 24.3 Å². The van der Waals surface area contributed by atoms with Gasteiger partial charge in [0, 0.05) is 5.39 Å². The van der Waals surface area contributed by atoms with Crippen LogP contribution in [0.2, 0.25) is 0 Å². The van der Waals surface area contributed by atoms with Crippen LogP contribution in [0.3, 0.4) is 0 Å². The highest BCUT2D eigenvalue weighted by Gasteiger charge is 2.15. The smallest absolute Gasteiger partial charge is 0.357 e. The van der Waals surface area contributed by atoms with Gasteiger partial charge in [0.25, 0.3) is 5.91 Å². The van der Waals surface area contributed by atoms with Crippen LogP contribution in [-0.2, 0) is 9.53 Å². The summed E-state index contributed by atoms with van der Waals surface area (Å²) in [5.41, 5.74) is 0.0470. The van der Waals surface area contributed by atoms with Crippen molar-refractivity contribution >= 4 is 28.5 Å². The molecule has 0 radical (unpaired) electrons. The second-order valence-electron chi connectivity index (χ2n) is 5.11. The summed E-state index contributed by atoms with van der Waals surface area (Å²) in [4.78, 5) is 27.8. The molecule has 126 valence electrons. The zero-order valence-corrected chi connectivity index (χ0v) is 12.8. The van der Waals surface area contributed by atoms with Crippen molar-refractivity contribution in [1.82, 2.24) is 4.98 Å². The molecule has 1 aromatic heterocycles. The van der Waals surface area contributed by atoms with Crippen LogP contribution in [0.5, 0.6) is 0 Å². The monoisotopic (exact) mass is 342 g/mol. The summed E-state index contributed by atoms with van der Waals surface area (Å²) < 4.78 is 31.7. The average molecular weight is 342 g/mol. The number of ether oxygens (including phenoxy) is 1. The Balaban J connectivity index is 1.64. The van der Waals surface area contributed by atoms with Gasteiger partial charge >= 0.3 is 5.97 Å². The van der Waals surface area contributed by atoms with Crippen LogP contribution >= 0.6 is 0 Å². The van der Waals surface area contributed by atoms with Gasteiger partial charge in [0.1, 0.15) is 23.0 Å². The number of nitrogens with zero attached hydrogens (tertiary/aromatic N) is 1. The van der Waals surface area contributed by atoms with Crippen molar-refractivity contribution in [2.75, 3.05) is 11.9 Å². The number of para-hydroxylation sites is 2. The maximum atomic E-state index is 13.5. The molecule has 0 unspecified atom stereocenters. The van der Waals surface area contributed by atoms with Crippen LogP contribution in [0.25, 0.3) is 10.9 Å². The van der Waals surface area contributed by atoms with Crippen LogP contribution in [-0.4, -0.2) is 23.5 Å². The van der Waals surface area contributed by atoms with E-state index in [1.54, 1.807) is 18.2 Å². The summed E-state index contributed by atoms with van der Waals surface area (Å²) in [7, 11) is 0. The van der Waals surface area contributed by atoms with Crippen molar-refractivity contribution in [2.24, 2.45) is 0 Å². The SMILES string of the molecule is O=C(COC(=O)c1ccc2ccccc2n1)Nc1c(F)cccc1F. The number of esters is 1. The number of benzene rings is 2. The summed E-state index contributed by atoms with van der Waals surface area (Å²) in [6.07, 6.45) is 0. The Morgan fingerprint density at radius 2 is 1.68 bits per heavy atom. The molecule has 25 heavy (non-hydrogen) atoms. The Morgan fingerprint density at radius 1 is 0.960 bits per heavy atom. The van der Waals surface area contributed by atoms with E-state index in [0.717, 1.165) is 17.5 Å². The van der Waals surface area contributed by atoms with Gasteiger partial charge in [-0.2, -0.15) is 0 Å². The fourth-order valence-electron chi connectivity index (χ4n) is 2.18. The van der Waals surface area contributed by atoms with E-state index in [-0.39, 0.29) is 5.69 Å². The van der Waals surface area contributed by atoms with E-state index >= 15 is 0 Å². The molecule has 0 saturated heterocycles. The van der Waals surface area contributed by atoms with E-state index < -0.39 is 35.8 Å². The number of carbonyl (C=O) groups excluding carboxylic acids is 2. The molecule has 3 rings (SSSR count). The summed E-state index contributed by atoms with van der Waals surface area (Å²) in [5, 5.41) is 2.88. The van der Waals surface area contributed by atoms with Crippen molar-refractivity contribution < 1.29 is 23.1 Å². The standard InChI is InChI=1S/C18H12F2N2O3/c19-12-5-3-6-13(20)17(12)22-16(23)10-25-18(24)15-9-8-11-4-1-2-7-14(11)21-15/h1-9H,10H2,(H,22,23). The number of amides is 1. The molecular weight excluding hydrogens is 330 g/mol. The summed E-state index contributed by atoms with van der Waals surface area (Å²) in [6.45, 7) is -0.693. The Bertz CT molecular complexity index is 940. The van der Waals surface area contributed by atoms with Crippen LogP contribution in [0.15, 0.2) is 54.6 Å². The Kier molecular flexibility index (Phi) is 4.65. The van der Waals surface area contributed by atoms with Gasteiger partial charge in [-0.3, -0.25) is 4.79 Å². The van der Waals surface area contributed by atoms with Crippen LogP contribution in [0.4, 0.5) is 14.5 Å². The number of hydrogen-bond acceptors (Lipinski definition) is 4. The average Bonchev–Trinajstić information content (AvgIpc) is 2.62. The molecule has 0 bridgehead atoms. The Morgan fingerprint density at radius 3 is 2.44 bits per heavy atom. The topological polar surface area (TPSA) is 68.3 Å². The van der Waals surface area contributed by atoms with Crippen molar-refractivity contribution in [3.8, 4) is 0 Å². The minimum Gasteiger partial charge on any atom is -0.451 e. The molecule has 1 N–H and O–H groups in total. The second kappa shape index (κ2) is 7.04. The third-order valence-electron chi connectivity index (χ3n) is 3.37. The number of hydrogen-bond donors (Lipinski definition) is 1. The highest BCUT2D eigenvalue weighted by Crippen LogP contribution is 2.18. The maximum Gasteiger partial charge on any atom is 0.357 e. The Hall–Kier alpha value is -3.35. The third-order valence-corrected chi connectivity index (χ3v) is 3.37. The second-order valence-corrected chi connectivity index (χ2v) is 5.11. The van der Waals surface area contributed by atoms with Crippen molar-refractivity contribution in [3.05, 3.63) is 71.9 Å². The van der Waals surface area contributed by atoms with Crippen molar-refractivity contribution in [1.29, 1.82) is 0 Å². The number of aromatic nitrogens is 1. The molecule has 2 aromatic carbocycles. The highest BCUT2D eigenvalue weighted by molar-refractivity contribution is 5.95. The van der Waals surface area contributed by atoms with Crippen molar-refractivity contribution in [3.63, 3.8) is 0 Å². The number of anilines is 1. The maximum absolute atomic E-state index is 13.5. The first kappa shape index (κ1) is 16.5. The van der Waals surface area contributed by atoms with E-state index in [1.165, 1.54) is 12.1 Å². The van der Waals surface area contributed by atoms with Crippen molar-refractivity contribution in [2.45, 2.75) is 0 Å². The zero-order chi connectivity index (χ0) is 17.8. The predicted molar refractivity (Wildman–Crippen MR) is 87.0 cm³/mol. The lowest BCUT2D eigenvalue weighted by Gasteiger charge is -2.08. The molecule has 1 amide bonds. The lowest BCUT2D eigenvalue weighted by molar-refractivity contribution is -0.119. The lowest BCUT2D eigenvalue weighted by atomic mass is 10.2. The molecule has 7 heteroatoms. The van der Waals surface area contributed by atoms with E-state index in [0.29, 0.717) is 5.52 Å². The van der Waals surface area contributed by atoms with Gasteiger partial charge in [-0.15, -0.1) is 0 Å². The molecule has 0 atom stereocenters. The van der Waals surface area contributed by atoms with E-state index in [4.69, 9.17) is 4.74 Å². The minimum atomic E-state index is -0.920. The molecule has 0 aliphatic heterocycles. The zero-order valence-electron chi connectivity index (χ0n) is 12.8. The minimum absolute atomic E-state index is 0.0311. The van der Waals surface area contributed by atoms with Crippen LogP contribution < -0.4 is 5.32 Å². The molecule has 1 heterocycles. The number of rotatable bonds is 4. The number of carbonyl (C=O) groups is 2. The van der Waals surface area contributed by atoms with Gasteiger partial charge in [0.15, 0.2) is 6.61 Å². The fraction of sp³-hybridized carbons (Fsp3) is 0.0556. The number of fused-ring (bicyclic) bond motifs is 1. The Labute approximate surface area is 141 Å². The van der Waals surface area contributed by atoms with Crippen LogP contribution in [0.1, 0.15) is 10.5 Å². The van der Waals surface area contributed by atoms with Gasteiger partial charge in [0.2, 0.25) is 0 Å². The fourth-order valence-corrected chi connectivity index (χ4v) is 2.18. The van der Waals surface area contributed by atoms with E-state index in [1.807, 2.05) is 17.4 Å². The summed E-state index contributed by atoms with van der Waals surface area (Å²) in [5.74, 6) is -3.51. The van der Waals surface area contributed by atoms with Gasteiger partial charge in [0.05, 0.1) is 5.52 Å². The predicted octanol–water partition coefficient (Wildman–Crippen LogP) is 3.31. The quantitative estimate of drug-likeness (QED) is 0.739.